The Bertz CT molecular complexity index is 1010. The van der Waals surface area contributed by atoms with Crippen LogP contribution in [0.5, 0.6) is 11.5 Å². The van der Waals surface area contributed by atoms with Crippen LogP contribution in [0.2, 0.25) is 0 Å². The largest absolute Gasteiger partial charge is 0.506 e. The summed E-state index contributed by atoms with van der Waals surface area (Å²) in [6, 6.07) is 12.0. The molecule has 0 fully saturated rings. The topological polar surface area (TPSA) is 97.2 Å². The second kappa shape index (κ2) is 7.96. The second-order valence-electron chi connectivity index (χ2n) is 6.20. The van der Waals surface area contributed by atoms with E-state index in [2.05, 4.69) is 10.5 Å². The molecule has 28 heavy (non-hydrogen) atoms. The number of ketones is 1. The van der Waals surface area contributed by atoms with Crippen molar-refractivity contribution in [2.24, 2.45) is 5.10 Å². The van der Waals surface area contributed by atoms with E-state index < -0.39 is 0 Å². The minimum Gasteiger partial charge on any atom is -0.506 e. The van der Waals surface area contributed by atoms with Gasteiger partial charge in [0.15, 0.2) is 17.3 Å². The lowest BCUT2D eigenvalue weighted by molar-refractivity contribution is -0.120. The highest BCUT2D eigenvalue weighted by Gasteiger charge is 2.31. The highest BCUT2D eigenvalue weighted by atomic mass is 16.5. The first-order valence-electron chi connectivity index (χ1n) is 8.58. The summed E-state index contributed by atoms with van der Waals surface area (Å²) in [5, 5.41) is 14.3. The summed E-state index contributed by atoms with van der Waals surface area (Å²) < 4.78 is 10.4. The number of methoxy groups -OCH3 is 2. The van der Waals surface area contributed by atoms with Gasteiger partial charge in [-0.25, -0.2) is 5.43 Å². The number of carbonyl (C=O) groups excluding carboxylic acids is 2. The van der Waals surface area contributed by atoms with Gasteiger partial charge in [0, 0.05) is 11.1 Å². The number of amides is 1. The number of benzene rings is 2. The predicted molar refractivity (Wildman–Crippen MR) is 105 cm³/mol. The van der Waals surface area contributed by atoms with Gasteiger partial charge in [-0.2, -0.15) is 5.10 Å². The third-order valence-corrected chi connectivity index (χ3v) is 4.41. The lowest BCUT2D eigenvalue weighted by Crippen LogP contribution is -2.22. The zero-order valence-electron chi connectivity index (χ0n) is 15.8. The Morgan fingerprint density at radius 1 is 1.07 bits per heavy atom. The smallest absolute Gasteiger partial charge is 0.244 e. The monoisotopic (exact) mass is 380 g/mol. The molecule has 2 aromatic rings. The van der Waals surface area contributed by atoms with Gasteiger partial charge in [-0.3, -0.25) is 9.59 Å². The van der Waals surface area contributed by atoms with Crippen molar-refractivity contribution in [3.05, 3.63) is 64.7 Å². The number of aliphatic hydroxyl groups excluding tert-OH is 1. The van der Waals surface area contributed by atoms with Crippen molar-refractivity contribution in [1.29, 1.82) is 0 Å². The SMILES string of the molecule is COc1ccc(CC(=O)NN=C(C)C2=C(O)c3ccccc3C2=O)cc1OC. The van der Waals surface area contributed by atoms with Gasteiger partial charge in [0.1, 0.15) is 5.76 Å². The van der Waals surface area contributed by atoms with E-state index in [-0.39, 0.29) is 35.2 Å². The summed E-state index contributed by atoms with van der Waals surface area (Å²) in [5.41, 5.74) is 4.35. The molecule has 0 unspecified atom stereocenters. The number of nitrogens with one attached hydrogen (secondary N) is 1. The molecule has 0 atom stereocenters. The Balaban J connectivity index is 1.71. The first kappa shape index (κ1) is 19.2. The number of aliphatic hydroxyl groups is 1. The molecule has 1 aliphatic carbocycles. The molecular weight excluding hydrogens is 360 g/mol. The summed E-state index contributed by atoms with van der Waals surface area (Å²) >= 11 is 0. The Labute approximate surface area is 162 Å². The number of Topliss-reactive ketones (excluding diaryl/α,β-unsaturated/α-hetero) is 1. The minimum absolute atomic E-state index is 0.0658. The van der Waals surface area contributed by atoms with Crippen LogP contribution in [0.1, 0.15) is 28.4 Å². The summed E-state index contributed by atoms with van der Waals surface area (Å²) in [6.07, 6.45) is 0.0658. The van der Waals surface area contributed by atoms with Crippen LogP contribution >= 0.6 is 0 Å². The van der Waals surface area contributed by atoms with Crippen molar-refractivity contribution < 1.29 is 24.2 Å². The first-order valence-corrected chi connectivity index (χ1v) is 8.58. The van der Waals surface area contributed by atoms with E-state index in [0.717, 1.165) is 5.56 Å². The van der Waals surface area contributed by atoms with Crippen LogP contribution in [0, 0.1) is 0 Å². The van der Waals surface area contributed by atoms with Gasteiger partial charge < -0.3 is 14.6 Å². The van der Waals surface area contributed by atoms with E-state index in [1.807, 2.05) is 0 Å². The van der Waals surface area contributed by atoms with E-state index in [4.69, 9.17) is 9.47 Å². The van der Waals surface area contributed by atoms with Crippen LogP contribution in [0.25, 0.3) is 5.76 Å². The maximum Gasteiger partial charge on any atom is 0.244 e. The van der Waals surface area contributed by atoms with E-state index in [9.17, 15) is 14.7 Å². The van der Waals surface area contributed by atoms with Crippen molar-refractivity contribution in [3.8, 4) is 11.5 Å². The Kier molecular flexibility index (Phi) is 5.44. The van der Waals surface area contributed by atoms with E-state index in [1.165, 1.54) is 14.2 Å². The maximum atomic E-state index is 12.5. The van der Waals surface area contributed by atoms with Crippen LogP contribution < -0.4 is 14.9 Å². The fourth-order valence-corrected chi connectivity index (χ4v) is 3.02. The van der Waals surface area contributed by atoms with Gasteiger partial charge in [0.2, 0.25) is 5.91 Å². The van der Waals surface area contributed by atoms with Crippen LogP contribution in [0.15, 0.2) is 53.1 Å². The molecule has 0 bridgehead atoms. The predicted octanol–water partition coefficient (Wildman–Crippen LogP) is 2.90. The fraction of sp³-hybridized carbons (Fsp3) is 0.190. The van der Waals surface area contributed by atoms with Gasteiger partial charge in [-0.15, -0.1) is 0 Å². The van der Waals surface area contributed by atoms with Gasteiger partial charge in [-0.1, -0.05) is 30.3 Å². The molecule has 0 saturated carbocycles. The molecule has 7 nitrogen and oxygen atoms in total. The second-order valence-corrected chi connectivity index (χ2v) is 6.20. The quantitative estimate of drug-likeness (QED) is 0.593. The number of hydrogen-bond acceptors (Lipinski definition) is 6. The third kappa shape index (κ3) is 3.59. The molecule has 7 heteroatoms. The number of hydrazone groups is 1. The summed E-state index contributed by atoms with van der Waals surface area (Å²) in [6.45, 7) is 1.56. The number of hydrogen-bond donors (Lipinski definition) is 2. The first-order chi connectivity index (χ1) is 13.5. The number of rotatable bonds is 6. The zero-order valence-corrected chi connectivity index (χ0v) is 15.8. The number of fused-ring (bicyclic) bond motifs is 1. The van der Waals surface area contributed by atoms with Gasteiger partial charge in [0.25, 0.3) is 0 Å². The average Bonchev–Trinajstić information content (AvgIpc) is 2.97. The molecule has 2 N–H and O–H groups in total. The number of nitrogens with zero attached hydrogens (tertiary/aromatic N) is 1. The molecule has 0 saturated heterocycles. The highest BCUT2D eigenvalue weighted by molar-refractivity contribution is 6.35. The molecule has 1 aliphatic rings. The van der Waals surface area contributed by atoms with Crippen molar-refractivity contribution in [3.63, 3.8) is 0 Å². The number of carbonyl (C=O) groups is 2. The number of ether oxygens (including phenoxy) is 2. The van der Waals surface area contributed by atoms with Crippen LogP contribution in [0.4, 0.5) is 0 Å². The van der Waals surface area contributed by atoms with Gasteiger partial charge in [0.05, 0.1) is 31.9 Å². The number of allylic oxidation sites excluding steroid dienone is 1. The van der Waals surface area contributed by atoms with Crippen molar-refractivity contribution in [2.75, 3.05) is 14.2 Å². The Morgan fingerprint density at radius 3 is 2.39 bits per heavy atom. The van der Waals surface area contributed by atoms with Crippen LogP contribution in [0.3, 0.4) is 0 Å². The lowest BCUT2D eigenvalue weighted by atomic mass is 10.1. The van der Waals surface area contributed by atoms with Crippen LogP contribution in [-0.2, 0) is 11.2 Å². The molecule has 0 heterocycles. The molecule has 1 amide bonds. The molecule has 144 valence electrons. The summed E-state index contributed by atoms with van der Waals surface area (Å²) in [4.78, 5) is 24.7. The lowest BCUT2D eigenvalue weighted by Gasteiger charge is -2.09. The molecule has 0 radical (unpaired) electrons. The zero-order chi connectivity index (χ0) is 20.3. The van der Waals surface area contributed by atoms with Crippen molar-refractivity contribution in [1.82, 2.24) is 5.43 Å². The van der Waals surface area contributed by atoms with Gasteiger partial charge in [-0.05, 0) is 24.6 Å². The van der Waals surface area contributed by atoms with E-state index in [1.54, 1.807) is 49.4 Å². The van der Waals surface area contributed by atoms with Crippen molar-refractivity contribution >= 4 is 23.2 Å². The molecule has 0 spiro atoms. The fourth-order valence-electron chi connectivity index (χ4n) is 3.02. The molecule has 3 rings (SSSR count). The molecule has 0 aromatic heterocycles. The highest BCUT2D eigenvalue weighted by Crippen LogP contribution is 2.31. The third-order valence-electron chi connectivity index (χ3n) is 4.41. The van der Waals surface area contributed by atoms with Gasteiger partial charge >= 0.3 is 0 Å². The minimum atomic E-state index is -0.366. The van der Waals surface area contributed by atoms with E-state index in [0.29, 0.717) is 22.6 Å². The average molecular weight is 380 g/mol. The molecule has 2 aromatic carbocycles. The van der Waals surface area contributed by atoms with Crippen LogP contribution in [-0.4, -0.2) is 36.7 Å². The standard InChI is InChI=1S/C21H20N2O5/c1-12(19-20(25)14-6-4-5-7-15(14)21(19)26)22-23-18(24)11-13-8-9-16(27-2)17(10-13)28-3/h4-10,25H,11H2,1-3H3,(H,23,24). The summed E-state index contributed by atoms with van der Waals surface area (Å²) in [5.74, 6) is 0.285. The molecular formula is C21H20N2O5. The van der Waals surface area contributed by atoms with E-state index >= 15 is 0 Å². The van der Waals surface area contributed by atoms with Crippen molar-refractivity contribution in [2.45, 2.75) is 13.3 Å². The maximum absolute atomic E-state index is 12.5. The normalized spacial score (nSPS) is 13.4. The Hall–Kier alpha value is -3.61. The molecule has 0 aliphatic heterocycles. The summed E-state index contributed by atoms with van der Waals surface area (Å²) in [7, 11) is 3.06. The Morgan fingerprint density at radius 2 is 1.75 bits per heavy atom.